The van der Waals surface area contributed by atoms with Crippen LogP contribution in [-0.2, 0) is 4.74 Å². The van der Waals surface area contributed by atoms with Crippen molar-refractivity contribution in [1.29, 1.82) is 0 Å². The first kappa shape index (κ1) is 21.9. The van der Waals surface area contributed by atoms with Crippen molar-refractivity contribution in [2.45, 2.75) is 38.8 Å². The van der Waals surface area contributed by atoms with Gasteiger partial charge in [0, 0.05) is 19.3 Å². The number of nitrogens with zero attached hydrogens (tertiary/aromatic N) is 4. The number of ether oxygens (including phenoxy) is 1. The zero-order valence-corrected chi connectivity index (χ0v) is 19.6. The maximum atomic E-state index is 13.8. The molecule has 1 aliphatic heterocycles. The summed E-state index contributed by atoms with van der Waals surface area (Å²) < 4.78 is 8.98. The lowest BCUT2D eigenvalue weighted by Gasteiger charge is -2.24. The van der Waals surface area contributed by atoms with Crippen molar-refractivity contribution in [3.8, 4) is 16.8 Å². The Morgan fingerprint density at radius 1 is 1.00 bits per heavy atom. The third-order valence-electron chi connectivity index (χ3n) is 6.02. The molecule has 7 nitrogen and oxygen atoms in total. The number of pyridine rings is 1. The summed E-state index contributed by atoms with van der Waals surface area (Å²) in [6.07, 6.45) is 2.01. The molecule has 0 spiro atoms. The normalized spacial score (nSPS) is 16.2. The SMILES string of the molecule is CC(C)(C)OC(=O)N1CC[C@H](n2c(=O)n(-c3cccc(-c4ccccc4)c3)c3cccnc32)C1. The van der Waals surface area contributed by atoms with Crippen LogP contribution in [-0.4, -0.2) is 43.8 Å². The lowest BCUT2D eigenvalue weighted by atomic mass is 10.1. The highest BCUT2D eigenvalue weighted by Gasteiger charge is 2.33. The van der Waals surface area contributed by atoms with Gasteiger partial charge in [0.15, 0.2) is 5.65 Å². The molecule has 34 heavy (non-hydrogen) atoms. The van der Waals surface area contributed by atoms with Gasteiger partial charge < -0.3 is 9.64 Å². The Labute approximate surface area is 198 Å². The maximum absolute atomic E-state index is 13.8. The first-order chi connectivity index (χ1) is 16.3. The van der Waals surface area contributed by atoms with Crippen molar-refractivity contribution < 1.29 is 9.53 Å². The standard InChI is InChI=1S/C27H28N4O3/c1-27(2,3)34-26(33)29-16-14-22(18-29)31-24-23(13-8-15-28-24)30(25(31)32)21-12-7-11-20(17-21)19-9-5-4-6-10-19/h4-13,15,17,22H,14,16,18H2,1-3H3/t22-/m0/s1. The number of likely N-dealkylation sites (tertiary alicyclic amines) is 1. The molecule has 0 saturated carbocycles. The molecule has 0 radical (unpaired) electrons. The first-order valence-electron chi connectivity index (χ1n) is 11.5. The van der Waals surface area contributed by atoms with E-state index in [1.165, 1.54) is 0 Å². The maximum Gasteiger partial charge on any atom is 0.410 e. The summed E-state index contributed by atoms with van der Waals surface area (Å²) in [5, 5.41) is 0. The topological polar surface area (TPSA) is 69.4 Å². The zero-order valence-electron chi connectivity index (χ0n) is 19.6. The van der Waals surface area contributed by atoms with Gasteiger partial charge in [-0.2, -0.15) is 0 Å². The van der Waals surface area contributed by atoms with E-state index in [1.54, 1.807) is 20.2 Å². The predicted molar refractivity (Wildman–Crippen MR) is 132 cm³/mol. The number of amides is 1. The second-order valence-corrected chi connectivity index (χ2v) is 9.62. The van der Waals surface area contributed by atoms with E-state index < -0.39 is 5.60 Å². The zero-order chi connectivity index (χ0) is 23.9. The minimum Gasteiger partial charge on any atom is -0.444 e. The Morgan fingerprint density at radius 3 is 2.53 bits per heavy atom. The van der Waals surface area contributed by atoms with Crippen molar-refractivity contribution in [2.75, 3.05) is 13.1 Å². The summed E-state index contributed by atoms with van der Waals surface area (Å²) in [5.41, 5.74) is 3.55. The molecule has 174 valence electrons. The van der Waals surface area contributed by atoms with Crippen LogP contribution in [0.3, 0.4) is 0 Å². The quantitative estimate of drug-likeness (QED) is 0.433. The highest BCUT2D eigenvalue weighted by atomic mass is 16.6. The molecule has 1 aliphatic rings. The summed E-state index contributed by atoms with van der Waals surface area (Å²) in [6.45, 7) is 6.50. The third kappa shape index (κ3) is 4.09. The summed E-state index contributed by atoms with van der Waals surface area (Å²) in [7, 11) is 0. The lowest BCUT2D eigenvalue weighted by molar-refractivity contribution is 0.0289. The van der Waals surface area contributed by atoms with Crippen LogP contribution in [0.1, 0.15) is 33.2 Å². The molecule has 0 unspecified atom stereocenters. The minimum absolute atomic E-state index is 0.157. The first-order valence-corrected chi connectivity index (χ1v) is 11.5. The van der Waals surface area contributed by atoms with Gasteiger partial charge >= 0.3 is 11.8 Å². The molecular weight excluding hydrogens is 428 g/mol. The van der Waals surface area contributed by atoms with Crippen molar-refractivity contribution in [3.63, 3.8) is 0 Å². The van der Waals surface area contributed by atoms with Crippen molar-refractivity contribution >= 4 is 17.3 Å². The molecule has 0 bridgehead atoms. The Balaban J connectivity index is 1.54. The monoisotopic (exact) mass is 456 g/mol. The highest BCUT2D eigenvalue weighted by Crippen LogP contribution is 2.28. The fourth-order valence-corrected chi connectivity index (χ4v) is 4.53. The number of carbonyl (C=O) groups excluding carboxylic acids is 1. The molecule has 7 heteroatoms. The Kier molecular flexibility index (Phi) is 5.48. The molecule has 5 rings (SSSR count). The van der Waals surface area contributed by atoms with Crippen LogP contribution in [0.4, 0.5) is 4.79 Å². The van der Waals surface area contributed by atoms with Gasteiger partial charge in [0.05, 0.1) is 17.2 Å². The highest BCUT2D eigenvalue weighted by molar-refractivity contribution is 5.76. The fourth-order valence-electron chi connectivity index (χ4n) is 4.53. The van der Waals surface area contributed by atoms with Crippen molar-refractivity contribution in [3.05, 3.63) is 83.4 Å². The molecule has 2 aromatic heterocycles. The van der Waals surface area contributed by atoms with Gasteiger partial charge in [-0.05, 0) is 62.6 Å². The van der Waals surface area contributed by atoms with E-state index in [2.05, 4.69) is 17.1 Å². The van der Waals surface area contributed by atoms with E-state index in [9.17, 15) is 9.59 Å². The van der Waals surface area contributed by atoms with Crippen LogP contribution in [0.15, 0.2) is 77.7 Å². The number of hydrogen-bond donors (Lipinski definition) is 0. The van der Waals surface area contributed by atoms with Crippen molar-refractivity contribution in [2.24, 2.45) is 0 Å². The van der Waals surface area contributed by atoms with E-state index in [0.29, 0.717) is 25.2 Å². The van der Waals surface area contributed by atoms with Gasteiger partial charge in [0.25, 0.3) is 0 Å². The molecule has 0 N–H and O–H groups in total. The number of hydrogen-bond acceptors (Lipinski definition) is 4. The van der Waals surface area contributed by atoms with E-state index in [-0.39, 0.29) is 17.8 Å². The smallest absolute Gasteiger partial charge is 0.410 e. The molecule has 3 heterocycles. The Morgan fingerprint density at radius 2 is 1.76 bits per heavy atom. The number of carbonyl (C=O) groups is 1. The van der Waals surface area contributed by atoms with Gasteiger partial charge in [-0.25, -0.2) is 14.6 Å². The average molecular weight is 457 g/mol. The van der Waals surface area contributed by atoms with Crippen LogP contribution in [0.2, 0.25) is 0 Å². The van der Waals surface area contributed by atoms with Gasteiger partial charge in [-0.15, -0.1) is 0 Å². The van der Waals surface area contributed by atoms with E-state index in [4.69, 9.17) is 4.74 Å². The number of aromatic nitrogens is 3. The fraction of sp³-hybridized carbons (Fsp3) is 0.296. The van der Waals surface area contributed by atoms with Crippen LogP contribution < -0.4 is 5.69 Å². The van der Waals surface area contributed by atoms with Crippen LogP contribution >= 0.6 is 0 Å². The molecule has 1 saturated heterocycles. The largest absolute Gasteiger partial charge is 0.444 e. The number of benzene rings is 2. The molecule has 2 aromatic carbocycles. The molecule has 1 amide bonds. The van der Waals surface area contributed by atoms with E-state index >= 15 is 0 Å². The number of fused-ring (bicyclic) bond motifs is 1. The Hall–Kier alpha value is -3.87. The molecule has 1 fully saturated rings. The van der Waals surface area contributed by atoms with Gasteiger partial charge in [-0.1, -0.05) is 42.5 Å². The van der Waals surface area contributed by atoms with E-state index in [1.807, 2.05) is 75.4 Å². The third-order valence-corrected chi connectivity index (χ3v) is 6.02. The average Bonchev–Trinajstić information content (AvgIpc) is 3.41. The summed E-state index contributed by atoms with van der Waals surface area (Å²) >= 11 is 0. The van der Waals surface area contributed by atoms with Gasteiger partial charge in [0.2, 0.25) is 0 Å². The number of imidazole rings is 1. The predicted octanol–water partition coefficient (Wildman–Crippen LogP) is 5.04. The summed E-state index contributed by atoms with van der Waals surface area (Å²) in [4.78, 5) is 32.6. The summed E-state index contributed by atoms with van der Waals surface area (Å²) in [6, 6.07) is 21.6. The molecule has 0 aliphatic carbocycles. The summed E-state index contributed by atoms with van der Waals surface area (Å²) in [5.74, 6) is 0. The second kappa shape index (κ2) is 8.48. The Bertz CT molecular complexity index is 1400. The molecular formula is C27H28N4O3. The van der Waals surface area contributed by atoms with Gasteiger partial charge in [-0.3, -0.25) is 9.13 Å². The van der Waals surface area contributed by atoms with Crippen molar-refractivity contribution in [1.82, 2.24) is 19.0 Å². The number of rotatable bonds is 3. The van der Waals surface area contributed by atoms with Crippen LogP contribution in [0.5, 0.6) is 0 Å². The molecule has 1 atom stereocenters. The van der Waals surface area contributed by atoms with Gasteiger partial charge in [0.1, 0.15) is 5.60 Å². The van der Waals surface area contributed by atoms with E-state index in [0.717, 1.165) is 22.3 Å². The van der Waals surface area contributed by atoms with Crippen LogP contribution in [0.25, 0.3) is 28.0 Å². The van der Waals surface area contributed by atoms with Crippen LogP contribution in [0, 0.1) is 0 Å². The molecule has 4 aromatic rings. The minimum atomic E-state index is -0.562. The second-order valence-electron chi connectivity index (χ2n) is 9.62. The lowest BCUT2D eigenvalue weighted by Crippen LogP contribution is -2.36.